The summed E-state index contributed by atoms with van der Waals surface area (Å²) in [4.78, 5) is 11.6. The summed E-state index contributed by atoms with van der Waals surface area (Å²) in [5.41, 5.74) is 0.752. The molecule has 0 bridgehead atoms. The van der Waals surface area contributed by atoms with Gasteiger partial charge in [0.25, 0.3) is 5.56 Å². The van der Waals surface area contributed by atoms with Crippen molar-refractivity contribution in [2.45, 2.75) is 57.8 Å². The predicted molar refractivity (Wildman–Crippen MR) is 76.4 cm³/mol. The molecule has 3 nitrogen and oxygen atoms in total. The van der Waals surface area contributed by atoms with Crippen molar-refractivity contribution in [3.8, 4) is 0 Å². The minimum absolute atomic E-state index is 0.0520. The van der Waals surface area contributed by atoms with Gasteiger partial charge in [-0.3, -0.25) is 4.79 Å². The van der Waals surface area contributed by atoms with E-state index in [-0.39, 0.29) is 24.4 Å². The molecule has 1 aromatic rings. The molecular formula is C15H21F3N2O. The van der Waals surface area contributed by atoms with Crippen LogP contribution in [0, 0.1) is 5.92 Å². The minimum Gasteiger partial charge on any atom is -0.381 e. The normalized spacial score (nSPS) is 23.0. The number of nitrogens with zero attached hydrogens (tertiary/aromatic N) is 1. The molecule has 2 rings (SSSR count). The molecule has 1 heterocycles. The summed E-state index contributed by atoms with van der Waals surface area (Å²) in [6.07, 6.45) is -0.0826. The molecular weight excluding hydrogens is 281 g/mol. The topological polar surface area (TPSA) is 34.0 Å². The number of anilines is 1. The molecule has 0 unspecified atom stereocenters. The van der Waals surface area contributed by atoms with E-state index in [0.717, 1.165) is 12.1 Å². The van der Waals surface area contributed by atoms with Crippen LogP contribution in [0.1, 0.15) is 39.0 Å². The molecule has 0 aliphatic heterocycles. The third-order valence-electron chi connectivity index (χ3n) is 4.01. The molecule has 118 valence electrons. The van der Waals surface area contributed by atoms with E-state index in [1.165, 1.54) is 6.07 Å². The second-order valence-electron chi connectivity index (χ2n) is 5.68. The third kappa shape index (κ3) is 4.25. The Balaban J connectivity index is 1.95. The van der Waals surface area contributed by atoms with Crippen LogP contribution >= 0.6 is 0 Å². The van der Waals surface area contributed by atoms with Crippen LogP contribution in [0.25, 0.3) is 0 Å². The van der Waals surface area contributed by atoms with Gasteiger partial charge in [0.2, 0.25) is 0 Å². The lowest BCUT2D eigenvalue weighted by Gasteiger charge is -2.30. The fraction of sp³-hybridized carbons (Fsp3) is 0.667. The van der Waals surface area contributed by atoms with E-state index in [9.17, 15) is 18.0 Å². The average molecular weight is 302 g/mol. The van der Waals surface area contributed by atoms with Gasteiger partial charge in [0, 0.05) is 24.8 Å². The fourth-order valence-corrected chi connectivity index (χ4v) is 2.83. The quantitative estimate of drug-likeness (QED) is 0.918. The van der Waals surface area contributed by atoms with E-state index in [4.69, 9.17) is 0 Å². The summed E-state index contributed by atoms with van der Waals surface area (Å²) < 4.78 is 39.5. The zero-order valence-electron chi connectivity index (χ0n) is 12.1. The van der Waals surface area contributed by atoms with Crippen molar-refractivity contribution >= 4 is 5.69 Å². The standard InChI is InChI=1S/C15H21F3N2O/c1-2-9-20-10-13(7-8-14(20)21)19-12-5-3-11(4-6-12)15(16,17)18/h7-8,10-12,19H,2-6,9H2,1H3. The van der Waals surface area contributed by atoms with E-state index in [2.05, 4.69) is 5.32 Å². The molecule has 0 atom stereocenters. The molecule has 0 aromatic carbocycles. The Bertz CT molecular complexity index is 516. The van der Waals surface area contributed by atoms with Gasteiger partial charge < -0.3 is 9.88 Å². The first-order chi connectivity index (χ1) is 9.90. The number of pyridine rings is 1. The van der Waals surface area contributed by atoms with Gasteiger partial charge in [-0.1, -0.05) is 6.92 Å². The summed E-state index contributed by atoms with van der Waals surface area (Å²) in [6, 6.07) is 3.25. The molecule has 21 heavy (non-hydrogen) atoms. The number of alkyl halides is 3. The lowest BCUT2D eigenvalue weighted by atomic mass is 9.85. The largest absolute Gasteiger partial charge is 0.391 e. The van der Waals surface area contributed by atoms with Gasteiger partial charge in [-0.25, -0.2) is 0 Å². The van der Waals surface area contributed by atoms with Crippen LogP contribution < -0.4 is 10.9 Å². The summed E-state index contributed by atoms with van der Waals surface area (Å²) in [5, 5.41) is 3.25. The van der Waals surface area contributed by atoms with Crippen LogP contribution in [0.2, 0.25) is 0 Å². The monoisotopic (exact) mass is 302 g/mol. The highest BCUT2D eigenvalue weighted by Crippen LogP contribution is 2.38. The van der Waals surface area contributed by atoms with E-state index in [1.54, 1.807) is 16.8 Å². The van der Waals surface area contributed by atoms with Gasteiger partial charge in [0.15, 0.2) is 0 Å². The molecule has 0 saturated heterocycles. The number of halogens is 3. The van der Waals surface area contributed by atoms with Crippen LogP contribution in [0.3, 0.4) is 0 Å². The van der Waals surface area contributed by atoms with E-state index >= 15 is 0 Å². The minimum atomic E-state index is -4.07. The van der Waals surface area contributed by atoms with Gasteiger partial charge in [-0.05, 0) is 38.2 Å². The van der Waals surface area contributed by atoms with Crippen LogP contribution in [-0.2, 0) is 6.54 Å². The molecule has 1 N–H and O–H groups in total. The molecule has 1 fully saturated rings. The van der Waals surface area contributed by atoms with E-state index in [0.29, 0.717) is 19.4 Å². The fourth-order valence-electron chi connectivity index (χ4n) is 2.83. The summed E-state index contributed by atoms with van der Waals surface area (Å²) >= 11 is 0. The zero-order valence-corrected chi connectivity index (χ0v) is 12.1. The number of nitrogens with one attached hydrogen (secondary N) is 1. The Labute approximate surface area is 122 Å². The van der Waals surface area contributed by atoms with Crippen molar-refractivity contribution in [2.75, 3.05) is 5.32 Å². The van der Waals surface area contributed by atoms with Crippen molar-refractivity contribution in [3.05, 3.63) is 28.7 Å². The Morgan fingerprint density at radius 3 is 2.48 bits per heavy atom. The molecule has 0 spiro atoms. The van der Waals surface area contributed by atoms with Crippen LogP contribution in [0.15, 0.2) is 23.1 Å². The summed E-state index contributed by atoms with van der Waals surface area (Å²) in [5.74, 6) is -1.16. The van der Waals surface area contributed by atoms with Crippen LogP contribution in [-0.4, -0.2) is 16.8 Å². The predicted octanol–water partition coefficient (Wildman–Crippen LogP) is 3.79. The first-order valence-corrected chi connectivity index (χ1v) is 7.44. The van der Waals surface area contributed by atoms with Gasteiger partial charge in [0.1, 0.15) is 0 Å². The molecule has 0 radical (unpaired) electrons. The van der Waals surface area contributed by atoms with Gasteiger partial charge in [-0.15, -0.1) is 0 Å². The van der Waals surface area contributed by atoms with Crippen molar-refractivity contribution < 1.29 is 13.2 Å². The Kier molecular flexibility index (Phi) is 4.96. The third-order valence-corrected chi connectivity index (χ3v) is 4.01. The average Bonchev–Trinajstić information content (AvgIpc) is 2.42. The molecule has 6 heteroatoms. The highest BCUT2D eigenvalue weighted by molar-refractivity contribution is 5.41. The lowest BCUT2D eigenvalue weighted by molar-refractivity contribution is -0.182. The van der Waals surface area contributed by atoms with Crippen molar-refractivity contribution in [1.82, 2.24) is 4.57 Å². The van der Waals surface area contributed by atoms with Crippen LogP contribution in [0.4, 0.5) is 18.9 Å². The summed E-state index contributed by atoms with van der Waals surface area (Å²) in [7, 11) is 0. The van der Waals surface area contributed by atoms with Crippen LogP contribution in [0.5, 0.6) is 0 Å². The van der Waals surface area contributed by atoms with E-state index < -0.39 is 12.1 Å². The highest BCUT2D eigenvalue weighted by Gasteiger charge is 2.41. The highest BCUT2D eigenvalue weighted by atomic mass is 19.4. The number of aromatic nitrogens is 1. The number of aryl methyl sites for hydroxylation is 1. The zero-order chi connectivity index (χ0) is 15.5. The molecule has 1 aliphatic carbocycles. The Hall–Kier alpha value is -1.46. The maximum Gasteiger partial charge on any atom is 0.391 e. The van der Waals surface area contributed by atoms with Crippen molar-refractivity contribution in [2.24, 2.45) is 5.92 Å². The molecule has 1 saturated carbocycles. The molecule has 1 aliphatic rings. The second kappa shape index (κ2) is 6.54. The van der Waals surface area contributed by atoms with Gasteiger partial charge >= 0.3 is 6.18 Å². The Morgan fingerprint density at radius 1 is 1.24 bits per heavy atom. The first-order valence-electron chi connectivity index (χ1n) is 7.44. The summed E-state index contributed by atoms with van der Waals surface area (Å²) in [6.45, 7) is 2.64. The number of hydrogen-bond acceptors (Lipinski definition) is 2. The SMILES string of the molecule is CCCn1cc(NC2CCC(C(F)(F)F)CC2)ccc1=O. The van der Waals surface area contributed by atoms with Crippen molar-refractivity contribution in [3.63, 3.8) is 0 Å². The number of hydrogen-bond donors (Lipinski definition) is 1. The van der Waals surface area contributed by atoms with E-state index in [1.807, 2.05) is 6.92 Å². The van der Waals surface area contributed by atoms with Gasteiger partial charge in [0.05, 0.1) is 11.6 Å². The number of rotatable bonds is 4. The van der Waals surface area contributed by atoms with Crippen molar-refractivity contribution in [1.29, 1.82) is 0 Å². The maximum atomic E-state index is 12.6. The molecule has 0 amide bonds. The maximum absolute atomic E-state index is 12.6. The van der Waals surface area contributed by atoms with Gasteiger partial charge in [-0.2, -0.15) is 13.2 Å². The molecule has 1 aromatic heterocycles. The smallest absolute Gasteiger partial charge is 0.381 e. The Morgan fingerprint density at radius 2 is 1.90 bits per heavy atom. The second-order valence-corrected chi connectivity index (χ2v) is 5.68. The first kappa shape index (κ1) is 15.9. The lowest BCUT2D eigenvalue weighted by Crippen LogP contribution is -2.33.